The maximum atomic E-state index is 11.3. The molecular formula is C10H18N2O5. The molecule has 2 amide bonds. The fourth-order valence-electron chi connectivity index (χ4n) is 1.14. The number of ether oxygens (including phenoxy) is 1. The summed E-state index contributed by atoms with van der Waals surface area (Å²) >= 11 is 0. The minimum absolute atomic E-state index is 0.219. The second-order valence-electron chi connectivity index (χ2n) is 3.50. The SMILES string of the molecule is COCCCC(NC(=O)CNC(C)=O)C(=O)O. The molecule has 1 atom stereocenters. The molecule has 0 radical (unpaired) electrons. The molecule has 0 fully saturated rings. The van der Waals surface area contributed by atoms with Crippen molar-refractivity contribution >= 4 is 17.8 Å². The molecule has 7 heteroatoms. The molecule has 0 aliphatic rings. The smallest absolute Gasteiger partial charge is 0.326 e. The van der Waals surface area contributed by atoms with E-state index in [9.17, 15) is 14.4 Å². The van der Waals surface area contributed by atoms with Crippen LogP contribution in [0.4, 0.5) is 0 Å². The van der Waals surface area contributed by atoms with E-state index in [0.29, 0.717) is 13.0 Å². The van der Waals surface area contributed by atoms with Gasteiger partial charge in [0.15, 0.2) is 0 Å². The van der Waals surface area contributed by atoms with Gasteiger partial charge in [-0.25, -0.2) is 4.79 Å². The molecule has 1 unspecified atom stereocenters. The number of nitrogens with one attached hydrogen (secondary N) is 2. The maximum absolute atomic E-state index is 11.3. The topological polar surface area (TPSA) is 105 Å². The second kappa shape index (κ2) is 8.51. The van der Waals surface area contributed by atoms with Gasteiger partial charge < -0.3 is 20.5 Å². The Balaban J connectivity index is 4.02. The Morgan fingerprint density at radius 3 is 2.47 bits per heavy atom. The third-order valence-corrected chi connectivity index (χ3v) is 1.97. The lowest BCUT2D eigenvalue weighted by Crippen LogP contribution is -2.45. The van der Waals surface area contributed by atoms with Crippen LogP contribution >= 0.6 is 0 Å². The molecule has 0 heterocycles. The lowest BCUT2D eigenvalue weighted by Gasteiger charge is -2.14. The Hall–Kier alpha value is -1.63. The molecule has 0 aromatic carbocycles. The number of rotatable bonds is 8. The van der Waals surface area contributed by atoms with Crippen molar-refractivity contribution < 1.29 is 24.2 Å². The standard InChI is InChI=1S/C10H18N2O5/c1-7(13)11-6-9(14)12-8(10(15)16)4-3-5-17-2/h8H,3-6H2,1-2H3,(H,11,13)(H,12,14)(H,15,16). The quantitative estimate of drug-likeness (QED) is 0.482. The van der Waals surface area contributed by atoms with E-state index in [1.807, 2.05) is 0 Å². The van der Waals surface area contributed by atoms with Crippen molar-refractivity contribution in [1.29, 1.82) is 0 Å². The van der Waals surface area contributed by atoms with E-state index in [0.717, 1.165) is 0 Å². The number of hydrogen-bond donors (Lipinski definition) is 3. The van der Waals surface area contributed by atoms with Gasteiger partial charge in [-0.3, -0.25) is 9.59 Å². The molecular weight excluding hydrogens is 228 g/mol. The fraction of sp³-hybridized carbons (Fsp3) is 0.700. The van der Waals surface area contributed by atoms with Crippen molar-refractivity contribution in [3.8, 4) is 0 Å². The van der Waals surface area contributed by atoms with Crippen molar-refractivity contribution in [2.45, 2.75) is 25.8 Å². The van der Waals surface area contributed by atoms with Crippen LogP contribution in [0.2, 0.25) is 0 Å². The molecule has 0 rings (SSSR count). The van der Waals surface area contributed by atoms with Gasteiger partial charge in [-0.2, -0.15) is 0 Å². The largest absolute Gasteiger partial charge is 0.480 e. The summed E-state index contributed by atoms with van der Waals surface area (Å²) in [5, 5.41) is 13.5. The molecule has 7 nitrogen and oxygen atoms in total. The molecule has 3 N–H and O–H groups in total. The van der Waals surface area contributed by atoms with E-state index >= 15 is 0 Å². The van der Waals surface area contributed by atoms with E-state index < -0.39 is 17.9 Å². The summed E-state index contributed by atoms with van der Waals surface area (Å²) in [4.78, 5) is 32.7. The Bertz CT molecular complexity index is 280. The Kier molecular flexibility index (Phi) is 7.70. The average molecular weight is 246 g/mol. The number of carbonyl (C=O) groups excluding carboxylic acids is 2. The summed E-state index contributed by atoms with van der Waals surface area (Å²) in [6, 6.07) is -0.952. The molecule has 0 saturated carbocycles. The summed E-state index contributed by atoms with van der Waals surface area (Å²) in [7, 11) is 1.52. The zero-order valence-electron chi connectivity index (χ0n) is 9.99. The molecule has 0 bridgehead atoms. The second-order valence-corrected chi connectivity index (χ2v) is 3.50. The van der Waals surface area contributed by atoms with E-state index in [-0.39, 0.29) is 18.9 Å². The number of carboxylic acid groups (broad SMARTS) is 1. The van der Waals surface area contributed by atoms with Crippen LogP contribution in [0.15, 0.2) is 0 Å². The van der Waals surface area contributed by atoms with Crippen molar-refractivity contribution in [3.05, 3.63) is 0 Å². The Morgan fingerprint density at radius 1 is 1.35 bits per heavy atom. The van der Waals surface area contributed by atoms with Crippen LogP contribution in [-0.2, 0) is 19.1 Å². The van der Waals surface area contributed by atoms with Crippen LogP contribution in [0.3, 0.4) is 0 Å². The minimum Gasteiger partial charge on any atom is -0.480 e. The zero-order valence-corrected chi connectivity index (χ0v) is 9.99. The van der Waals surface area contributed by atoms with Crippen molar-refractivity contribution in [3.63, 3.8) is 0 Å². The van der Waals surface area contributed by atoms with Crippen LogP contribution < -0.4 is 10.6 Å². The number of hydrogen-bond acceptors (Lipinski definition) is 4. The van der Waals surface area contributed by atoms with E-state index in [2.05, 4.69) is 10.6 Å². The van der Waals surface area contributed by atoms with E-state index in [1.165, 1.54) is 14.0 Å². The highest BCUT2D eigenvalue weighted by Gasteiger charge is 2.19. The van der Waals surface area contributed by atoms with Crippen molar-refractivity contribution in [2.75, 3.05) is 20.3 Å². The zero-order chi connectivity index (χ0) is 13.3. The average Bonchev–Trinajstić information content (AvgIpc) is 2.25. The van der Waals surface area contributed by atoms with Gasteiger partial charge in [0.25, 0.3) is 0 Å². The number of carboxylic acids is 1. The van der Waals surface area contributed by atoms with Crippen LogP contribution in [0.1, 0.15) is 19.8 Å². The molecule has 0 aliphatic carbocycles. The van der Waals surface area contributed by atoms with E-state index in [1.54, 1.807) is 0 Å². The minimum atomic E-state index is -1.10. The van der Waals surface area contributed by atoms with Gasteiger partial charge in [-0.05, 0) is 12.8 Å². The highest BCUT2D eigenvalue weighted by atomic mass is 16.5. The molecule has 0 aromatic heterocycles. The molecule has 0 saturated heterocycles. The molecule has 17 heavy (non-hydrogen) atoms. The number of aliphatic carboxylic acids is 1. The van der Waals surface area contributed by atoms with Gasteiger partial charge in [0.05, 0.1) is 6.54 Å². The highest BCUT2D eigenvalue weighted by molar-refractivity contribution is 5.87. The maximum Gasteiger partial charge on any atom is 0.326 e. The first-order valence-electron chi connectivity index (χ1n) is 5.23. The summed E-state index contributed by atoms with van der Waals surface area (Å²) < 4.78 is 4.79. The summed E-state index contributed by atoms with van der Waals surface area (Å²) in [5.41, 5.74) is 0. The first-order chi connectivity index (χ1) is 7.97. The lowest BCUT2D eigenvalue weighted by atomic mass is 10.1. The van der Waals surface area contributed by atoms with Crippen molar-refractivity contribution in [2.24, 2.45) is 0 Å². The predicted octanol–water partition coefficient (Wildman–Crippen LogP) is -0.881. The van der Waals surface area contributed by atoms with Gasteiger partial charge in [-0.15, -0.1) is 0 Å². The monoisotopic (exact) mass is 246 g/mol. The van der Waals surface area contributed by atoms with Gasteiger partial charge in [0.1, 0.15) is 6.04 Å². The molecule has 0 spiro atoms. The fourth-order valence-corrected chi connectivity index (χ4v) is 1.14. The van der Waals surface area contributed by atoms with Crippen LogP contribution in [-0.4, -0.2) is 49.2 Å². The number of amides is 2. The first-order valence-corrected chi connectivity index (χ1v) is 5.23. The summed E-state index contributed by atoms with van der Waals surface area (Å²) in [5.74, 6) is -1.96. The Morgan fingerprint density at radius 2 is 2.00 bits per heavy atom. The number of methoxy groups -OCH3 is 1. The third-order valence-electron chi connectivity index (χ3n) is 1.97. The normalized spacial score (nSPS) is 11.6. The van der Waals surface area contributed by atoms with Crippen LogP contribution in [0.5, 0.6) is 0 Å². The highest BCUT2D eigenvalue weighted by Crippen LogP contribution is 1.98. The summed E-state index contributed by atoms with van der Waals surface area (Å²) in [6.45, 7) is 1.50. The predicted molar refractivity (Wildman–Crippen MR) is 59.4 cm³/mol. The molecule has 0 aromatic rings. The van der Waals surface area contributed by atoms with E-state index in [4.69, 9.17) is 9.84 Å². The summed E-state index contributed by atoms with van der Waals surface area (Å²) in [6.07, 6.45) is 0.822. The van der Waals surface area contributed by atoms with Crippen LogP contribution in [0.25, 0.3) is 0 Å². The van der Waals surface area contributed by atoms with Gasteiger partial charge in [0.2, 0.25) is 11.8 Å². The first kappa shape index (κ1) is 15.4. The van der Waals surface area contributed by atoms with Gasteiger partial charge >= 0.3 is 5.97 Å². The third kappa shape index (κ3) is 8.21. The van der Waals surface area contributed by atoms with Gasteiger partial charge in [0, 0.05) is 20.6 Å². The number of carbonyl (C=O) groups is 3. The molecule has 98 valence electrons. The van der Waals surface area contributed by atoms with Gasteiger partial charge in [-0.1, -0.05) is 0 Å². The van der Waals surface area contributed by atoms with Crippen LogP contribution in [0, 0.1) is 0 Å². The van der Waals surface area contributed by atoms with Crippen molar-refractivity contribution in [1.82, 2.24) is 10.6 Å². The Labute approximate surface area is 99.5 Å². The lowest BCUT2D eigenvalue weighted by molar-refractivity contribution is -0.142. The molecule has 0 aliphatic heterocycles.